The van der Waals surface area contributed by atoms with Crippen molar-refractivity contribution < 1.29 is 26.7 Å². The first-order chi connectivity index (χ1) is 20.7. The monoisotopic (exact) mass is 631 g/mol. The predicted molar refractivity (Wildman–Crippen MR) is 167 cm³/mol. The lowest BCUT2D eigenvalue weighted by molar-refractivity contribution is -0.133. The van der Waals surface area contributed by atoms with E-state index in [2.05, 4.69) is 26.0 Å². The van der Waals surface area contributed by atoms with Gasteiger partial charge in [-0.2, -0.15) is 8.42 Å². The van der Waals surface area contributed by atoms with Crippen LogP contribution in [-0.4, -0.2) is 56.1 Å². The Balaban J connectivity index is 2.24. The Hall–Kier alpha value is -4.16. The van der Waals surface area contributed by atoms with E-state index in [0.717, 1.165) is 5.56 Å². The Morgan fingerprint density at radius 3 is 1.82 bits per heavy atom. The summed E-state index contributed by atoms with van der Waals surface area (Å²) in [5.41, 5.74) is 16.6. The molecular formula is C30H42FN7O5S. The van der Waals surface area contributed by atoms with Crippen LogP contribution in [0.2, 0.25) is 0 Å². The normalized spacial score (nSPS) is 14.2. The quantitative estimate of drug-likeness (QED) is 0.0677. The zero-order chi connectivity index (χ0) is 32.9. The number of rotatable bonds is 17. The average Bonchev–Trinajstić information content (AvgIpc) is 2.92. The molecule has 1 unspecified atom stereocenters. The van der Waals surface area contributed by atoms with Gasteiger partial charge >= 0.3 is 10.2 Å². The number of carbonyl (C=O) groups is 3. The van der Waals surface area contributed by atoms with Crippen molar-refractivity contribution in [2.75, 3.05) is 11.5 Å². The summed E-state index contributed by atoms with van der Waals surface area (Å²) >= 11 is 0. The lowest BCUT2D eigenvalue weighted by Crippen LogP contribution is -2.57. The number of hydrogen-bond donors (Lipinski definition) is 4. The molecule has 2 rings (SSSR count). The number of benzene rings is 2. The minimum Gasteiger partial charge on any atom is -0.399 e. The van der Waals surface area contributed by atoms with Crippen LogP contribution in [0.3, 0.4) is 0 Å². The van der Waals surface area contributed by atoms with Crippen molar-refractivity contribution in [3.05, 3.63) is 76.2 Å². The summed E-state index contributed by atoms with van der Waals surface area (Å²) in [4.78, 5) is 42.9. The van der Waals surface area contributed by atoms with Gasteiger partial charge in [-0.25, -0.2) is 0 Å². The first kappa shape index (κ1) is 36.0. The van der Waals surface area contributed by atoms with Crippen LogP contribution in [0.25, 0.3) is 10.4 Å². The Morgan fingerprint density at radius 1 is 0.818 bits per heavy atom. The summed E-state index contributed by atoms with van der Waals surface area (Å²) in [5, 5.41) is 11.6. The molecule has 0 aromatic heterocycles. The minimum absolute atomic E-state index is 0.00571. The molecule has 0 aliphatic rings. The summed E-state index contributed by atoms with van der Waals surface area (Å²) in [5.74, 6) is -3.03. The molecular weight excluding hydrogens is 589 g/mol. The maximum Gasteiger partial charge on any atom is 0.304 e. The van der Waals surface area contributed by atoms with E-state index in [0.29, 0.717) is 11.3 Å². The molecule has 0 saturated heterocycles. The number of nitrogens with zero attached hydrogens (tertiary/aromatic N) is 3. The first-order valence-electron chi connectivity index (χ1n) is 14.4. The number of nitrogen functional groups attached to an aromatic ring is 1. The highest BCUT2D eigenvalue weighted by atomic mass is 32.3. The number of azide groups is 1. The van der Waals surface area contributed by atoms with Crippen LogP contribution in [0.5, 0.6) is 0 Å². The second kappa shape index (κ2) is 17.2. The fraction of sp³-hybridized carbons (Fsp3) is 0.500. The van der Waals surface area contributed by atoms with Gasteiger partial charge in [0.15, 0.2) is 0 Å². The van der Waals surface area contributed by atoms with E-state index in [1.165, 1.54) is 0 Å². The molecule has 0 spiro atoms. The third-order valence-electron chi connectivity index (χ3n) is 6.65. The van der Waals surface area contributed by atoms with E-state index >= 15 is 0 Å². The molecule has 12 nitrogen and oxygen atoms in total. The summed E-state index contributed by atoms with van der Waals surface area (Å²) in [6, 6.07) is 11.1. The maximum absolute atomic E-state index is 13.7. The molecule has 0 bridgehead atoms. The molecule has 0 fully saturated rings. The number of carbonyl (C=O) groups excluding carboxylic acids is 3. The third-order valence-corrected chi connectivity index (χ3v) is 7.45. The van der Waals surface area contributed by atoms with Crippen molar-refractivity contribution in [1.29, 1.82) is 0 Å². The van der Waals surface area contributed by atoms with Crippen molar-refractivity contribution in [3.63, 3.8) is 0 Å². The van der Waals surface area contributed by atoms with Gasteiger partial charge in [0.25, 0.3) is 0 Å². The Kier molecular flexibility index (Phi) is 14.1. The first-order valence-corrected chi connectivity index (χ1v) is 16.0. The second-order valence-electron chi connectivity index (χ2n) is 11.6. The standard InChI is InChI=1S/C30H42FN7O5S/c1-19(2)14-25(28(39)34-24(18-44(31,42)43)16-22-10-12-23(32)13-11-22)35-29(40)26(15-20(3)4)36-30(41)27(37-38-33)17-21-8-6-5-7-9-21/h5-13,19-20,24-27H,14-18,32H2,1-4H3,(H,34,39)(H,35,40)(H,36,41)/t24-,25-,26-,27?/m0/s1. The number of hydrogen-bond acceptors (Lipinski definition) is 7. The largest absolute Gasteiger partial charge is 0.399 e. The van der Waals surface area contributed by atoms with Crippen molar-refractivity contribution in [3.8, 4) is 0 Å². The number of nitrogens with two attached hydrogens (primary N) is 1. The molecule has 0 aliphatic heterocycles. The molecule has 44 heavy (non-hydrogen) atoms. The van der Waals surface area contributed by atoms with Crippen LogP contribution in [0, 0.1) is 11.8 Å². The summed E-state index contributed by atoms with van der Waals surface area (Å²) in [7, 11) is -4.95. The van der Waals surface area contributed by atoms with E-state index in [1.807, 2.05) is 33.8 Å². The molecule has 2 aromatic carbocycles. The topological polar surface area (TPSA) is 196 Å². The van der Waals surface area contributed by atoms with Gasteiger partial charge in [0, 0.05) is 16.6 Å². The van der Waals surface area contributed by atoms with E-state index in [-0.39, 0.29) is 37.5 Å². The van der Waals surface area contributed by atoms with Crippen molar-refractivity contribution in [1.82, 2.24) is 16.0 Å². The lowest BCUT2D eigenvalue weighted by Gasteiger charge is -2.27. The zero-order valence-corrected chi connectivity index (χ0v) is 26.3. The lowest BCUT2D eigenvalue weighted by atomic mass is 9.99. The van der Waals surface area contributed by atoms with Gasteiger partial charge in [0.2, 0.25) is 17.7 Å². The molecule has 3 amide bonds. The van der Waals surface area contributed by atoms with Crippen molar-refractivity contribution >= 4 is 33.6 Å². The van der Waals surface area contributed by atoms with Gasteiger partial charge in [0.1, 0.15) is 23.9 Å². The van der Waals surface area contributed by atoms with E-state index in [4.69, 9.17) is 11.3 Å². The second-order valence-corrected chi connectivity index (χ2v) is 13.1. The fourth-order valence-corrected chi connectivity index (χ4v) is 5.35. The highest BCUT2D eigenvalue weighted by molar-refractivity contribution is 7.86. The molecule has 0 aliphatic carbocycles. The summed E-state index contributed by atoms with van der Waals surface area (Å²) in [6.45, 7) is 7.40. The van der Waals surface area contributed by atoms with Gasteiger partial charge in [-0.05, 0) is 66.3 Å². The average molecular weight is 632 g/mol. The predicted octanol–water partition coefficient (Wildman–Crippen LogP) is 3.58. The van der Waals surface area contributed by atoms with Gasteiger partial charge in [-0.15, -0.1) is 3.89 Å². The summed E-state index contributed by atoms with van der Waals surface area (Å²) in [6.07, 6.45) is 0.539. The van der Waals surface area contributed by atoms with Crippen LogP contribution in [0.1, 0.15) is 51.7 Å². The smallest absolute Gasteiger partial charge is 0.304 e. The molecule has 4 atom stereocenters. The molecule has 240 valence electrons. The van der Waals surface area contributed by atoms with Gasteiger partial charge in [-0.3, -0.25) is 14.4 Å². The molecule has 0 radical (unpaired) electrons. The van der Waals surface area contributed by atoms with Crippen LogP contribution < -0.4 is 21.7 Å². The minimum atomic E-state index is -4.95. The number of anilines is 1. The molecule has 0 heterocycles. The van der Waals surface area contributed by atoms with E-state index in [1.54, 1.807) is 48.5 Å². The van der Waals surface area contributed by atoms with Crippen LogP contribution in [0.4, 0.5) is 9.57 Å². The zero-order valence-electron chi connectivity index (χ0n) is 25.4. The highest BCUT2D eigenvalue weighted by Gasteiger charge is 2.31. The fourth-order valence-electron chi connectivity index (χ4n) is 4.66. The Labute approximate surface area is 258 Å². The molecule has 0 saturated carbocycles. The van der Waals surface area contributed by atoms with Crippen LogP contribution in [0.15, 0.2) is 59.7 Å². The van der Waals surface area contributed by atoms with Crippen LogP contribution >= 0.6 is 0 Å². The molecule has 5 N–H and O–H groups in total. The molecule has 2 aromatic rings. The van der Waals surface area contributed by atoms with Gasteiger partial charge in [0.05, 0.1) is 0 Å². The maximum atomic E-state index is 13.7. The van der Waals surface area contributed by atoms with E-state index in [9.17, 15) is 26.7 Å². The van der Waals surface area contributed by atoms with E-state index < -0.39 is 57.9 Å². The SMILES string of the molecule is CC(C)C[C@H](NC(=O)C(Cc1ccccc1)N=[N+]=[N-])C(=O)N[C@@H](CC(C)C)C(=O)N[C@@H](Cc1ccc(N)cc1)CS(=O)(=O)F. The van der Waals surface area contributed by atoms with Crippen molar-refractivity contribution in [2.24, 2.45) is 17.0 Å². The number of halogens is 1. The summed E-state index contributed by atoms with van der Waals surface area (Å²) < 4.78 is 36.8. The molecule has 14 heteroatoms. The number of nitrogens with one attached hydrogen (secondary N) is 3. The van der Waals surface area contributed by atoms with Crippen molar-refractivity contribution in [2.45, 2.75) is 77.5 Å². The van der Waals surface area contributed by atoms with Crippen LogP contribution in [-0.2, 0) is 37.4 Å². The van der Waals surface area contributed by atoms with Gasteiger partial charge < -0.3 is 21.7 Å². The highest BCUT2D eigenvalue weighted by Crippen LogP contribution is 2.14. The Morgan fingerprint density at radius 2 is 1.32 bits per heavy atom. The Bertz CT molecular complexity index is 1400. The number of amides is 3. The van der Waals surface area contributed by atoms with Gasteiger partial charge in [-0.1, -0.05) is 75.3 Å². The third kappa shape index (κ3) is 13.4.